The number of pyridine rings is 1. The van der Waals surface area contributed by atoms with Crippen molar-refractivity contribution in [1.82, 2.24) is 9.88 Å². The second-order valence-corrected chi connectivity index (χ2v) is 7.01. The molecule has 1 fully saturated rings. The van der Waals surface area contributed by atoms with Crippen molar-refractivity contribution in [1.29, 1.82) is 0 Å². The maximum atomic E-state index is 12.8. The summed E-state index contributed by atoms with van der Waals surface area (Å²) < 4.78 is 0. The van der Waals surface area contributed by atoms with Gasteiger partial charge < -0.3 is 9.80 Å². The molecular weight excluding hydrogens is 322 g/mol. The lowest BCUT2D eigenvalue weighted by atomic mass is 10.1. The Hall–Kier alpha value is -2.88. The largest absolute Gasteiger partial charge is 0.371 e. The predicted octanol–water partition coefficient (Wildman–Crippen LogP) is 3.83. The number of carbonyl (C=O) groups excluding carboxylic acids is 1. The number of anilines is 1. The van der Waals surface area contributed by atoms with Crippen LogP contribution in [-0.4, -0.2) is 42.5 Å². The van der Waals surface area contributed by atoms with Crippen molar-refractivity contribution in [3.05, 3.63) is 72.4 Å². The van der Waals surface area contributed by atoms with Gasteiger partial charge in [-0.2, -0.15) is 0 Å². The first-order valence-corrected chi connectivity index (χ1v) is 9.12. The monoisotopic (exact) mass is 345 g/mol. The fraction of sp³-hybridized carbons (Fsp3) is 0.273. The Morgan fingerprint density at radius 2 is 1.85 bits per heavy atom. The molecule has 4 rings (SSSR count). The Labute approximate surface area is 154 Å². The maximum absolute atomic E-state index is 12.8. The molecule has 0 spiro atoms. The molecule has 0 unspecified atom stereocenters. The van der Waals surface area contributed by atoms with Gasteiger partial charge in [-0.1, -0.05) is 42.5 Å². The van der Waals surface area contributed by atoms with Crippen LogP contribution in [0.2, 0.25) is 0 Å². The molecule has 0 aliphatic carbocycles. The molecule has 1 amide bonds. The van der Waals surface area contributed by atoms with Gasteiger partial charge >= 0.3 is 0 Å². The summed E-state index contributed by atoms with van der Waals surface area (Å²) in [5.74, 6) is 0.485. The molecule has 1 atom stereocenters. The molecule has 0 bridgehead atoms. The zero-order valence-electron chi connectivity index (χ0n) is 15.0. The van der Waals surface area contributed by atoms with Crippen molar-refractivity contribution < 1.29 is 4.79 Å². The highest BCUT2D eigenvalue weighted by atomic mass is 16.2. The molecule has 0 radical (unpaired) electrons. The zero-order chi connectivity index (χ0) is 17.9. The van der Waals surface area contributed by atoms with Crippen molar-refractivity contribution >= 4 is 22.5 Å². The molecule has 1 aromatic heterocycles. The number of hydrogen-bond donors (Lipinski definition) is 0. The normalized spacial score (nSPS) is 16.8. The molecule has 1 aliphatic heterocycles. The summed E-state index contributed by atoms with van der Waals surface area (Å²) in [6.45, 7) is 2.80. The first kappa shape index (κ1) is 16.6. The van der Waals surface area contributed by atoms with Crippen LogP contribution in [0, 0.1) is 5.92 Å². The van der Waals surface area contributed by atoms with Gasteiger partial charge in [0.05, 0.1) is 5.52 Å². The van der Waals surface area contributed by atoms with Crippen LogP contribution >= 0.6 is 0 Å². The number of hydrogen-bond acceptors (Lipinski definition) is 3. The minimum Gasteiger partial charge on any atom is -0.371 e. The average Bonchev–Trinajstić information content (AvgIpc) is 3.16. The molecule has 0 N–H and O–H groups in total. The van der Waals surface area contributed by atoms with Crippen LogP contribution < -0.4 is 4.90 Å². The lowest BCUT2D eigenvalue weighted by Crippen LogP contribution is -2.33. The fourth-order valence-electron chi connectivity index (χ4n) is 3.71. The average molecular weight is 345 g/mol. The maximum Gasteiger partial charge on any atom is 0.272 e. The van der Waals surface area contributed by atoms with Crippen LogP contribution in [0.3, 0.4) is 0 Å². The number of nitrogens with zero attached hydrogens (tertiary/aromatic N) is 3. The Balaban J connectivity index is 1.41. The SMILES string of the molecule is CN(C[C@H]1CCN(c2ccccc2)C1)C(=O)c1ccc2ccccc2n1. The van der Waals surface area contributed by atoms with Gasteiger partial charge in [0.15, 0.2) is 0 Å². The van der Waals surface area contributed by atoms with Crippen molar-refractivity contribution in [3.63, 3.8) is 0 Å². The van der Waals surface area contributed by atoms with Gasteiger partial charge in [-0.3, -0.25) is 4.79 Å². The minimum absolute atomic E-state index is 0.00564. The Morgan fingerprint density at radius 1 is 1.08 bits per heavy atom. The van der Waals surface area contributed by atoms with Crippen molar-refractivity contribution in [3.8, 4) is 0 Å². The molecule has 132 valence electrons. The minimum atomic E-state index is -0.00564. The summed E-state index contributed by atoms with van der Waals surface area (Å²) in [6, 6.07) is 22.2. The number of amides is 1. The zero-order valence-corrected chi connectivity index (χ0v) is 15.0. The van der Waals surface area contributed by atoms with Gasteiger partial charge in [-0.15, -0.1) is 0 Å². The molecular formula is C22H23N3O. The van der Waals surface area contributed by atoms with Gasteiger partial charge in [0, 0.05) is 37.8 Å². The highest BCUT2D eigenvalue weighted by Crippen LogP contribution is 2.24. The van der Waals surface area contributed by atoms with E-state index in [4.69, 9.17) is 0 Å². The Bertz CT molecular complexity index is 909. The smallest absolute Gasteiger partial charge is 0.272 e. The van der Waals surface area contributed by atoms with Gasteiger partial charge in [0.1, 0.15) is 5.69 Å². The van der Waals surface area contributed by atoms with E-state index in [-0.39, 0.29) is 5.91 Å². The molecule has 4 heteroatoms. The van der Waals surface area contributed by atoms with Gasteiger partial charge in [0.25, 0.3) is 5.91 Å². The standard InChI is InChI=1S/C22H23N3O/c1-24(15-17-13-14-25(16-17)19-8-3-2-4-9-19)22(26)21-12-11-18-7-5-6-10-20(18)23-21/h2-12,17H,13-16H2,1H3/t17-/m1/s1. The van der Waals surface area contributed by atoms with Crippen molar-refractivity contribution in [2.75, 3.05) is 31.6 Å². The van der Waals surface area contributed by atoms with E-state index in [1.807, 2.05) is 54.4 Å². The second-order valence-electron chi connectivity index (χ2n) is 7.01. The van der Waals surface area contributed by atoms with E-state index >= 15 is 0 Å². The topological polar surface area (TPSA) is 36.4 Å². The van der Waals surface area contributed by atoms with Crippen LogP contribution in [0.25, 0.3) is 10.9 Å². The number of para-hydroxylation sites is 2. The molecule has 0 saturated carbocycles. The summed E-state index contributed by atoms with van der Waals surface area (Å²) >= 11 is 0. The van der Waals surface area contributed by atoms with Crippen LogP contribution in [0.5, 0.6) is 0 Å². The molecule has 26 heavy (non-hydrogen) atoms. The van der Waals surface area contributed by atoms with E-state index in [1.54, 1.807) is 0 Å². The highest BCUT2D eigenvalue weighted by Gasteiger charge is 2.25. The molecule has 1 saturated heterocycles. The number of carbonyl (C=O) groups is 1. The molecule has 4 nitrogen and oxygen atoms in total. The molecule has 3 aromatic rings. The van der Waals surface area contributed by atoms with Gasteiger partial charge in [-0.05, 0) is 36.6 Å². The summed E-state index contributed by atoms with van der Waals surface area (Å²) in [6.07, 6.45) is 1.11. The van der Waals surface area contributed by atoms with Crippen molar-refractivity contribution in [2.45, 2.75) is 6.42 Å². The highest BCUT2D eigenvalue weighted by molar-refractivity contribution is 5.94. The lowest BCUT2D eigenvalue weighted by Gasteiger charge is -2.22. The third-order valence-electron chi connectivity index (χ3n) is 5.10. The molecule has 2 heterocycles. The van der Waals surface area contributed by atoms with E-state index in [9.17, 15) is 4.79 Å². The van der Waals surface area contributed by atoms with Gasteiger partial charge in [-0.25, -0.2) is 4.98 Å². The van der Waals surface area contributed by atoms with Crippen molar-refractivity contribution in [2.24, 2.45) is 5.92 Å². The lowest BCUT2D eigenvalue weighted by molar-refractivity contribution is 0.0771. The van der Waals surface area contributed by atoms with Gasteiger partial charge in [0.2, 0.25) is 0 Å². The van der Waals surface area contributed by atoms with Crippen LogP contribution in [0.1, 0.15) is 16.9 Å². The van der Waals surface area contributed by atoms with Crippen LogP contribution in [0.15, 0.2) is 66.7 Å². The number of fused-ring (bicyclic) bond motifs is 1. The Kier molecular flexibility index (Phi) is 4.57. The summed E-state index contributed by atoms with van der Waals surface area (Å²) in [5.41, 5.74) is 2.65. The quantitative estimate of drug-likeness (QED) is 0.721. The van der Waals surface area contributed by atoms with E-state index < -0.39 is 0 Å². The third kappa shape index (κ3) is 3.40. The third-order valence-corrected chi connectivity index (χ3v) is 5.10. The fourth-order valence-corrected chi connectivity index (χ4v) is 3.71. The summed E-state index contributed by atoms with van der Waals surface area (Å²) in [4.78, 5) is 21.5. The number of rotatable bonds is 4. The van der Waals surface area contributed by atoms with Crippen LogP contribution in [-0.2, 0) is 0 Å². The first-order chi connectivity index (χ1) is 12.7. The molecule has 2 aromatic carbocycles. The van der Waals surface area contributed by atoms with E-state index in [1.165, 1.54) is 5.69 Å². The van der Waals surface area contributed by atoms with Crippen LogP contribution in [0.4, 0.5) is 5.69 Å². The van der Waals surface area contributed by atoms with E-state index in [0.29, 0.717) is 11.6 Å². The van der Waals surface area contributed by atoms with E-state index in [0.717, 1.165) is 37.0 Å². The predicted molar refractivity (Wildman–Crippen MR) is 105 cm³/mol. The number of benzene rings is 2. The van der Waals surface area contributed by atoms with E-state index in [2.05, 4.69) is 34.1 Å². The Morgan fingerprint density at radius 3 is 2.69 bits per heavy atom. The number of aromatic nitrogens is 1. The second kappa shape index (κ2) is 7.16. The summed E-state index contributed by atoms with van der Waals surface area (Å²) in [7, 11) is 1.88. The summed E-state index contributed by atoms with van der Waals surface area (Å²) in [5, 5.41) is 1.06. The molecule has 1 aliphatic rings. The first-order valence-electron chi connectivity index (χ1n) is 9.12.